The van der Waals surface area contributed by atoms with Crippen LogP contribution >= 0.6 is 0 Å². The maximum Gasteiger partial charge on any atom is 0.326 e. The zero-order valence-electron chi connectivity index (χ0n) is 11.2. The number of hydrogen-bond acceptors (Lipinski definition) is 3. The second-order valence-corrected chi connectivity index (χ2v) is 4.77. The van der Waals surface area contributed by atoms with Crippen molar-refractivity contribution in [2.75, 3.05) is 26.2 Å². The van der Waals surface area contributed by atoms with Crippen LogP contribution in [-0.2, 0) is 11.2 Å². The quantitative estimate of drug-likeness (QED) is 0.739. The van der Waals surface area contributed by atoms with Gasteiger partial charge in [-0.05, 0) is 5.56 Å². The van der Waals surface area contributed by atoms with Crippen LogP contribution in [0.4, 0.5) is 4.79 Å². The van der Waals surface area contributed by atoms with E-state index in [1.807, 2.05) is 30.3 Å². The van der Waals surface area contributed by atoms with Crippen LogP contribution in [0.25, 0.3) is 0 Å². The van der Waals surface area contributed by atoms with Crippen LogP contribution < -0.4 is 10.6 Å². The van der Waals surface area contributed by atoms with Crippen molar-refractivity contribution in [2.45, 2.75) is 12.5 Å². The molecule has 2 rings (SSSR count). The molecule has 108 valence electrons. The Balaban J connectivity index is 1.95. The van der Waals surface area contributed by atoms with Gasteiger partial charge in [0.1, 0.15) is 6.04 Å². The summed E-state index contributed by atoms with van der Waals surface area (Å²) in [5.74, 6) is -1.02. The molecular formula is C14H19N3O3. The zero-order chi connectivity index (χ0) is 14.4. The number of piperazine rings is 1. The maximum atomic E-state index is 12.0. The number of rotatable bonds is 4. The van der Waals surface area contributed by atoms with Crippen molar-refractivity contribution in [3.63, 3.8) is 0 Å². The van der Waals surface area contributed by atoms with Crippen molar-refractivity contribution in [2.24, 2.45) is 0 Å². The number of amides is 2. The van der Waals surface area contributed by atoms with E-state index < -0.39 is 12.0 Å². The molecule has 0 saturated carbocycles. The van der Waals surface area contributed by atoms with Crippen LogP contribution in [0.15, 0.2) is 30.3 Å². The molecule has 1 fully saturated rings. The first-order chi connectivity index (χ1) is 9.66. The SMILES string of the molecule is O=C(O)C(Cc1ccccc1)NC(=O)N1CCNCC1. The van der Waals surface area contributed by atoms with Gasteiger partial charge in [0, 0.05) is 32.6 Å². The van der Waals surface area contributed by atoms with Gasteiger partial charge < -0.3 is 20.6 Å². The summed E-state index contributed by atoms with van der Waals surface area (Å²) < 4.78 is 0. The Kier molecular flexibility index (Phi) is 4.95. The first-order valence-electron chi connectivity index (χ1n) is 6.69. The molecule has 1 atom stereocenters. The average molecular weight is 277 g/mol. The molecule has 1 aromatic rings. The van der Waals surface area contributed by atoms with Gasteiger partial charge in [0.15, 0.2) is 0 Å². The van der Waals surface area contributed by atoms with E-state index in [0.29, 0.717) is 13.1 Å². The average Bonchev–Trinajstić information content (AvgIpc) is 2.48. The van der Waals surface area contributed by atoms with Gasteiger partial charge in [-0.15, -0.1) is 0 Å². The zero-order valence-corrected chi connectivity index (χ0v) is 11.2. The van der Waals surface area contributed by atoms with E-state index in [-0.39, 0.29) is 12.5 Å². The van der Waals surface area contributed by atoms with Gasteiger partial charge in [-0.2, -0.15) is 0 Å². The van der Waals surface area contributed by atoms with Crippen molar-refractivity contribution >= 4 is 12.0 Å². The van der Waals surface area contributed by atoms with Gasteiger partial charge in [-0.3, -0.25) is 0 Å². The molecular weight excluding hydrogens is 258 g/mol. The number of carboxylic acid groups (broad SMARTS) is 1. The lowest BCUT2D eigenvalue weighted by Gasteiger charge is -2.28. The van der Waals surface area contributed by atoms with Crippen LogP contribution in [0.1, 0.15) is 5.56 Å². The Morgan fingerprint density at radius 3 is 2.50 bits per heavy atom. The van der Waals surface area contributed by atoms with Crippen LogP contribution in [0, 0.1) is 0 Å². The van der Waals surface area contributed by atoms with E-state index in [1.165, 1.54) is 0 Å². The van der Waals surface area contributed by atoms with Gasteiger partial charge >= 0.3 is 12.0 Å². The molecule has 6 nitrogen and oxygen atoms in total. The highest BCUT2D eigenvalue weighted by atomic mass is 16.4. The largest absolute Gasteiger partial charge is 0.480 e. The summed E-state index contributed by atoms with van der Waals surface area (Å²) in [4.78, 5) is 24.9. The third kappa shape index (κ3) is 3.96. The molecule has 6 heteroatoms. The number of hydrogen-bond donors (Lipinski definition) is 3. The number of carboxylic acids is 1. The number of carbonyl (C=O) groups excluding carboxylic acids is 1. The third-order valence-electron chi connectivity index (χ3n) is 3.28. The minimum Gasteiger partial charge on any atom is -0.480 e. The van der Waals surface area contributed by atoms with Crippen molar-refractivity contribution in [1.82, 2.24) is 15.5 Å². The van der Waals surface area contributed by atoms with Crippen molar-refractivity contribution < 1.29 is 14.7 Å². The van der Waals surface area contributed by atoms with E-state index in [2.05, 4.69) is 10.6 Å². The van der Waals surface area contributed by atoms with Crippen LogP contribution in [0.2, 0.25) is 0 Å². The predicted octanol–water partition coefficient (Wildman–Crippen LogP) is 0.297. The number of carbonyl (C=O) groups is 2. The lowest BCUT2D eigenvalue weighted by molar-refractivity contribution is -0.139. The molecule has 0 bridgehead atoms. The predicted molar refractivity (Wildman–Crippen MR) is 74.5 cm³/mol. The van der Waals surface area contributed by atoms with E-state index in [9.17, 15) is 14.7 Å². The molecule has 2 amide bonds. The van der Waals surface area contributed by atoms with E-state index >= 15 is 0 Å². The highest BCUT2D eigenvalue weighted by Crippen LogP contribution is 2.04. The van der Waals surface area contributed by atoms with E-state index in [1.54, 1.807) is 4.90 Å². The molecule has 0 aliphatic carbocycles. The molecule has 1 heterocycles. The lowest BCUT2D eigenvalue weighted by atomic mass is 10.1. The number of nitrogens with zero attached hydrogens (tertiary/aromatic N) is 1. The van der Waals surface area contributed by atoms with Gasteiger partial charge in [-0.25, -0.2) is 9.59 Å². The second kappa shape index (κ2) is 6.91. The minimum absolute atomic E-state index is 0.286. The fourth-order valence-electron chi connectivity index (χ4n) is 2.16. The standard InChI is InChI=1S/C14H19N3O3/c18-13(19)12(10-11-4-2-1-3-5-11)16-14(20)17-8-6-15-7-9-17/h1-5,12,15H,6-10H2,(H,16,20)(H,18,19). The minimum atomic E-state index is -1.02. The monoisotopic (exact) mass is 277 g/mol. The first kappa shape index (κ1) is 14.3. The molecule has 1 aromatic carbocycles. The number of benzene rings is 1. The van der Waals surface area contributed by atoms with Gasteiger partial charge in [0.05, 0.1) is 0 Å². The van der Waals surface area contributed by atoms with Crippen LogP contribution in [-0.4, -0.2) is 54.2 Å². The summed E-state index contributed by atoms with van der Waals surface area (Å²) in [7, 11) is 0. The third-order valence-corrected chi connectivity index (χ3v) is 3.28. The van der Waals surface area contributed by atoms with Crippen molar-refractivity contribution in [3.8, 4) is 0 Å². The molecule has 0 radical (unpaired) electrons. The number of aliphatic carboxylic acids is 1. The Labute approximate surface area is 117 Å². The van der Waals surface area contributed by atoms with Gasteiger partial charge in [0.2, 0.25) is 0 Å². The Morgan fingerprint density at radius 2 is 1.90 bits per heavy atom. The van der Waals surface area contributed by atoms with E-state index in [0.717, 1.165) is 18.7 Å². The number of urea groups is 1. The smallest absolute Gasteiger partial charge is 0.326 e. The Morgan fingerprint density at radius 1 is 1.25 bits per heavy atom. The molecule has 1 aliphatic rings. The Hall–Kier alpha value is -2.08. The summed E-state index contributed by atoms with van der Waals surface area (Å²) in [5, 5.41) is 15.0. The summed E-state index contributed by atoms with van der Waals surface area (Å²) in [5.41, 5.74) is 0.889. The van der Waals surface area contributed by atoms with Crippen LogP contribution in [0.5, 0.6) is 0 Å². The van der Waals surface area contributed by atoms with Gasteiger partial charge in [-0.1, -0.05) is 30.3 Å². The van der Waals surface area contributed by atoms with E-state index in [4.69, 9.17) is 0 Å². The Bertz CT molecular complexity index is 458. The second-order valence-electron chi connectivity index (χ2n) is 4.77. The first-order valence-corrected chi connectivity index (χ1v) is 6.69. The maximum absolute atomic E-state index is 12.0. The number of nitrogens with one attached hydrogen (secondary N) is 2. The summed E-state index contributed by atoms with van der Waals surface area (Å²) in [6.45, 7) is 2.68. The summed E-state index contributed by atoms with van der Waals surface area (Å²) in [6, 6.07) is 8.08. The van der Waals surface area contributed by atoms with Crippen LogP contribution in [0.3, 0.4) is 0 Å². The highest BCUT2D eigenvalue weighted by Gasteiger charge is 2.24. The highest BCUT2D eigenvalue weighted by molar-refractivity contribution is 5.82. The fraction of sp³-hybridized carbons (Fsp3) is 0.429. The normalized spacial score (nSPS) is 16.5. The molecule has 1 unspecified atom stereocenters. The molecule has 3 N–H and O–H groups in total. The van der Waals surface area contributed by atoms with Gasteiger partial charge in [0.25, 0.3) is 0 Å². The molecule has 0 aromatic heterocycles. The topological polar surface area (TPSA) is 81.7 Å². The molecule has 1 aliphatic heterocycles. The fourth-order valence-corrected chi connectivity index (χ4v) is 2.16. The summed E-state index contributed by atoms with van der Waals surface area (Å²) >= 11 is 0. The lowest BCUT2D eigenvalue weighted by Crippen LogP contribution is -2.54. The molecule has 20 heavy (non-hydrogen) atoms. The molecule has 0 spiro atoms. The molecule has 1 saturated heterocycles. The van der Waals surface area contributed by atoms with Crippen molar-refractivity contribution in [1.29, 1.82) is 0 Å². The van der Waals surface area contributed by atoms with Crippen molar-refractivity contribution in [3.05, 3.63) is 35.9 Å². The summed E-state index contributed by atoms with van der Waals surface area (Å²) in [6.07, 6.45) is 0.286.